The number of likely N-dealkylation sites (N-methyl/N-ethyl adjacent to an activating group) is 1. The lowest BCUT2D eigenvalue weighted by Gasteiger charge is -2.24. The first kappa shape index (κ1) is 26.6. The quantitative estimate of drug-likeness (QED) is 0.365. The number of amides is 3. The maximum atomic E-state index is 12.8. The molecule has 0 spiro atoms. The zero-order valence-corrected chi connectivity index (χ0v) is 20.8. The molecule has 0 aliphatic carbocycles. The molecule has 3 amide bonds. The molecule has 0 unspecified atom stereocenters. The number of hydrogen-bond donors (Lipinski definition) is 3. The van der Waals surface area contributed by atoms with Gasteiger partial charge in [0, 0.05) is 7.05 Å². The number of pyridine rings is 1. The molecule has 0 bridgehead atoms. The molecule has 0 aliphatic rings. The predicted octanol–water partition coefficient (Wildman–Crippen LogP) is 1.70. The molecule has 36 heavy (non-hydrogen) atoms. The van der Waals surface area contributed by atoms with Crippen molar-refractivity contribution >= 4 is 23.6 Å². The van der Waals surface area contributed by atoms with E-state index < -0.39 is 23.6 Å². The third kappa shape index (κ3) is 7.01. The number of nitrogens with zero attached hydrogens (tertiary/aromatic N) is 4. The minimum Gasteiger partial charge on any atom is -0.443 e. The van der Waals surface area contributed by atoms with E-state index in [0.717, 1.165) is 17.7 Å². The monoisotopic (exact) mass is 495 g/mol. The normalized spacial score (nSPS) is 12.2. The van der Waals surface area contributed by atoms with Gasteiger partial charge in [0.25, 0.3) is 0 Å². The van der Waals surface area contributed by atoms with Crippen LogP contribution >= 0.6 is 0 Å². The van der Waals surface area contributed by atoms with Gasteiger partial charge in [-0.05, 0) is 50.8 Å². The summed E-state index contributed by atoms with van der Waals surface area (Å²) in [5.41, 5.74) is 12.4. The first-order valence-corrected chi connectivity index (χ1v) is 11.7. The highest BCUT2D eigenvalue weighted by atomic mass is 16.6. The molecule has 0 aliphatic heterocycles. The summed E-state index contributed by atoms with van der Waals surface area (Å²) in [7, 11) is 1.42. The smallest absolute Gasteiger partial charge is 0.410 e. The highest BCUT2D eigenvalue weighted by Crippen LogP contribution is 2.22. The molecular weight excluding hydrogens is 462 g/mol. The Labute approximate surface area is 209 Å². The van der Waals surface area contributed by atoms with Crippen LogP contribution in [0.1, 0.15) is 49.8 Å². The molecule has 0 fully saturated rings. The van der Waals surface area contributed by atoms with Crippen molar-refractivity contribution in [2.45, 2.75) is 51.3 Å². The fourth-order valence-electron chi connectivity index (χ4n) is 3.68. The number of carbonyl (C=O) groups excluding carboxylic acids is 3. The SMILES string of the molecule is CN(CC(N)=O)C(=O)OCc1cccc2nnc([C@@H](CCCc3ccccc3)NC(=O)C(C)(C)N)n12. The van der Waals surface area contributed by atoms with Gasteiger partial charge in [-0.15, -0.1) is 10.2 Å². The van der Waals surface area contributed by atoms with Gasteiger partial charge in [-0.1, -0.05) is 36.4 Å². The van der Waals surface area contributed by atoms with Gasteiger partial charge in [-0.3, -0.25) is 14.0 Å². The van der Waals surface area contributed by atoms with E-state index in [2.05, 4.69) is 27.6 Å². The number of primary amides is 1. The number of ether oxygens (including phenoxy) is 1. The van der Waals surface area contributed by atoms with E-state index in [4.69, 9.17) is 16.2 Å². The number of rotatable bonds is 11. The number of aryl methyl sites for hydroxylation is 1. The number of hydrogen-bond acceptors (Lipinski definition) is 7. The highest BCUT2D eigenvalue weighted by Gasteiger charge is 2.28. The van der Waals surface area contributed by atoms with Crippen LogP contribution in [0.25, 0.3) is 5.65 Å². The molecule has 2 aromatic heterocycles. The van der Waals surface area contributed by atoms with Gasteiger partial charge in [-0.25, -0.2) is 4.79 Å². The fraction of sp³-hybridized carbons (Fsp3) is 0.400. The Bertz CT molecular complexity index is 1200. The van der Waals surface area contributed by atoms with Crippen LogP contribution in [0, 0.1) is 0 Å². The lowest BCUT2D eigenvalue weighted by atomic mass is 10.0. The van der Waals surface area contributed by atoms with E-state index in [1.165, 1.54) is 12.6 Å². The van der Waals surface area contributed by atoms with E-state index in [9.17, 15) is 14.4 Å². The molecule has 0 saturated heterocycles. The standard InChI is InChI=1S/C25H33N7O4/c1-25(2,27)23(34)28-19(13-7-11-17-9-5-4-6-10-17)22-30-29-21-14-8-12-18(32(21)22)16-36-24(35)31(3)15-20(26)33/h4-6,8-10,12,14,19H,7,11,13,15-16,27H2,1-3H3,(H2,26,33)(H,28,34)/t19-/m1/s1. The van der Waals surface area contributed by atoms with Gasteiger partial charge >= 0.3 is 6.09 Å². The molecule has 0 saturated carbocycles. The highest BCUT2D eigenvalue weighted by molar-refractivity contribution is 5.85. The van der Waals surface area contributed by atoms with Gasteiger partial charge in [0.05, 0.1) is 17.3 Å². The second-order valence-corrected chi connectivity index (χ2v) is 9.27. The molecule has 1 atom stereocenters. The van der Waals surface area contributed by atoms with Gasteiger partial charge in [0.1, 0.15) is 13.2 Å². The molecule has 11 heteroatoms. The van der Waals surface area contributed by atoms with Gasteiger partial charge in [0.15, 0.2) is 11.5 Å². The zero-order chi connectivity index (χ0) is 26.3. The summed E-state index contributed by atoms with van der Waals surface area (Å²) >= 11 is 0. The average Bonchev–Trinajstić information content (AvgIpc) is 3.26. The van der Waals surface area contributed by atoms with E-state index >= 15 is 0 Å². The van der Waals surface area contributed by atoms with E-state index in [0.29, 0.717) is 23.6 Å². The summed E-state index contributed by atoms with van der Waals surface area (Å²) in [6.07, 6.45) is 1.50. The molecule has 1 aromatic carbocycles. The van der Waals surface area contributed by atoms with Gasteiger partial charge < -0.3 is 26.4 Å². The lowest BCUT2D eigenvalue weighted by molar-refractivity contribution is -0.126. The van der Waals surface area contributed by atoms with Crippen LogP contribution < -0.4 is 16.8 Å². The molecule has 2 heterocycles. The van der Waals surface area contributed by atoms with Crippen LogP contribution in [0.15, 0.2) is 48.5 Å². The van der Waals surface area contributed by atoms with Crippen molar-refractivity contribution < 1.29 is 19.1 Å². The number of nitrogens with one attached hydrogen (secondary N) is 1. The second kappa shape index (κ2) is 11.6. The molecule has 11 nitrogen and oxygen atoms in total. The Hall–Kier alpha value is -3.99. The van der Waals surface area contributed by atoms with Crippen molar-refractivity contribution in [3.8, 4) is 0 Å². The fourth-order valence-corrected chi connectivity index (χ4v) is 3.68. The van der Waals surface area contributed by atoms with Crippen LogP contribution in [-0.2, 0) is 27.4 Å². The summed E-state index contributed by atoms with van der Waals surface area (Å²) < 4.78 is 7.14. The van der Waals surface area contributed by atoms with Gasteiger partial charge in [-0.2, -0.15) is 0 Å². The van der Waals surface area contributed by atoms with Crippen LogP contribution in [0.2, 0.25) is 0 Å². The van der Waals surface area contributed by atoms with Gasteiger partial charge in [0.2, 0.25) is 11.8 Å². The van der Waals surface area contributed by atoms with Crippen molar-refractivity contribution in [2.75, 3.05) is 13.6 Å². The topological polar surface area (TPSA) is 158 Å². The lowest BCUT2D eigenvalue weighted by Crippen LogP contribution is -2.50. The minimum absolute atomic E-state index is 0.0998. The third-order valence-electron chi connectivity index (χ3n) is 5.59. The van der Waals surface area contributed by atoms with E-state index in [-0.39, 0.29) is 19.1 Å². The number of carbonyl (C=O) groups is 3. The molecule has 0 radical (unpaired) electrons. The van der Waals surface area contributed by atoms with Crippen molar-refractivity contribution in [3.63, 3.8) is 0 Å². The molecule has 192 valence electrons. The average molecular weight is 496 g/mol. The van der Waals surface area contributed by atoms with Crippen molar-refractivity contribution in [3.05, 3.63) is 65.6 Å². The summed E-state index contributed by atoms with van der Waals surface area (Å²) in [5.74, 6) is -0.455. The maximum Gasteiger partial charge on any atom is 0.410 e. The Kier molecular flexibility index (Phi) is 8.59. The first-order valence-electron chi connectivity index (χ1n) is 11.7. The Morgan fingerprint density at radius 3 is 2.50 bits per heavy atom. The van der Waals surface area contributed by atoms with Crippen molar-refractivity contribution in [1.82, 2.24) is 24.8 Å². The summed E-state index contributed by atoms with van der Waals surface area (Å²) in [6.45, 7) is 2.92. The molecule has 3 rings (SSSR count). The molecule has 3 aromatic rings. The van der Waals surface area contributed by atoms with Crippen LogP contribution in [-0.4, -0.2) is 56.5 Å². The Balaban J connectivity index is 1.85. The van der Waals surface area contributed by atoms with Crippen LogP contribution in [0.5, 0.6) is 0 Å². The van der Waals surface area contributed by atoms with Crippen LogP contribution in [0.4, 0.5) is 4.79 Å². The first-order chi connectivity index (χ1) is 17.1. The minimum atomic E-state index is -1.08. The molecule has 5 N–H and O–H groups in total. The number of benzene rings is 1. The molecular formula is C25H33N7O4. The Morgan fingerprint density at radius 2 is 1.83 bits per heavy atom. The predicted molar refractivity (Wildman–Crippen MR) is 134 cm³/mol. The number of aromatic nitrogens is 3. The summed E-state index contributed by atoms with van der Waals surface area (Å²) in [6, 6.07) is 14.9. The van der Waals surface area contributed by atoms with E-state index in [1.54, 1.807) is 36.4 Å². The van der Waals surface area contributed by atoms with Crippen LogP contribution in [0.3, 0.4) is 0 Å². The van der Waals surface area contributed by atoms with Crippen molar-refractivity contribution in [2.24, 2.45) is 11.5 Å². The number of nitrogens with two attached hydrogens (primary N) is 2. The zero-order valence-electron chi connectivity index (χ0n) is 20.8. The third-order valence-corrected chi connectivity index (χ3v) is 5.59. The number of fused-ring (bicyclic) bond motifs is 1. The van der Waals surface area contributed by atoms with E-state index in [1.807, 2.05) is 18.2 Å². The Morgan fingerprint density at radius 1 is 1.11 bits per heavy atom. The maximum absolute atomic E-state index is 12.8. The summed E-state index contributed by atoms with van der Waals surface area (Å²) in [5, 5.41) is 11.6. The second-order valence-electron chi connectivity index (χ2n) is 9.27. The largest absolute Gasteiger partial charge is 0.443 e. The van der Waals surface area contributed by atoms with Crippen molar-refractivity contribution in [1.29, 1.82) is 0 Å². The summed E-state index contributed by atoms with van der Waals surface area (Å²) in [4.78, 5) is 37.2.